The van der Waals surface area contributed by atoms with Gasteiger partial charge in [-0.2, -0.15) is 0 Å². The van der Waals surface area contributed by atoms with E-state index >= 15 is 0 Å². The van der Waals surface area contributed by atoms with Gasteiger partial charge in [0.2, 0.25) is 5.28 Å². The second-order valence-corrected chi connectivity index (χ2v) is 3.73. The molecule has 17 heavy (non-hydrogen) atoms. The third-order valence-electron chi connectivity index (χ3n) is 2.01. The summed E-state index contributed by atoms with van der Waals surface area (Å²) in [6, 6.07) is 0. The Morgan fingerprint density at radius 3 is 2.94 bits per heavy atom. The van der Waals surface area contributed by atoms with E-state index in [0.29, 0.717) is 17.9 Å². The van der Waals surface area contributed by atoms with Crippen molar-refractivity contribution < 1.29 is 4.39 Å². The molecular weight excluding hydrogens is 241 g/mol. The average Bonchev–Trinajstić information content (AvgIpc) is 2.28. The molecule has 1 aromatic rings. The van der Waals surface area contributed by atoms with Crippen molar-refractivity contribution in [1.82, 2.24) is 9.97 Å². The monoisotopic (exact) mass is 253 g/mol. The van der Waals surface area contributed by atoms with Crippen LogP contribution in [0.5, 0.6) is 0 Å². The number of rotatable bonds is 5. The van der Waals surface area contributed by atoms with E-state index in [9.17, 15) is 4.39 Å². The molecule has 0 aliphatic heterocycles. The number of nitrogens with zero attached hydrogens (tertiary/aromatic N) is 2. The zero-order chi connectivity index (χ0) is 12.8. The lowest BCUT2D eigenvalue weighted by molar-refractivity contribution is 0.670. The first-order valence-corrected chi connectivity index (χ1v) is 5.31. The van der Waals surface area contributed by atoms with Gasteiger partial charge < -0.3 is 5.32 Å². The molecule has 0 aliphatic carbocycles. The highest BCUT2D eigenvalue weighted by Gasteiger charge is 2.02. The minimum Gasteiger partial charge on any atom is -0.366 e. The minimum absolute atomic E-state index is 0.164. The van der Waals surface area contributed by atoms with Crippen LogP contribution >= 0.6 is 11.6 Å². The highest BCUT2D eigenvalue weighted by Crippen LogP contribution is 2.13. The van der Waals surface area contributed by atoms with Crippen LogP contribution in [-0.2, 0) is 0 Å². The van der Waals surface area contributed by atoms with Crippen molar-refractivity contribution in [2.24, 2.45) is 0 Å². The summed E-state index contributed by atoms with van der Waals surface area (Å²) >= 11 is 5.68. The largest absolute Gasteiger partial charge is 0.366 e. The molecule has 0 aliphatic rings. The van der Waals surface area contributed by atoms with E-state index < -0.39 is 5.83 Å². The van der Waals surface area contributed by atoms with Crippen LogP contribution in [0.15, 0.2) is 42.9 Å². The molecule has 1 aromatic heterocycles. The van der Waals surface area contributed by atoms with E-state index in [1.165, 1.54) is 6.08 Å². The first kappa shape index (κ1) is 13.4. The van der Waals surface area contributed by atoms with Gasteiger partial charge in [0.15, 0.2) is 0 Å². The first-order valence-electron chi connectivity index (χ1n) is 4.93. The van der Waals surface area contributed by atoms with Gasteiger partial charge in [0, 0.05) is 18.3 Å². The zero-order valence-electron chi connectivity index (χ0n) is 9.50. The van der Waals surface area contributed by atoms with Crippen molar-refractivity contribution in [2.75, 3.05) is 11.9 Å². The van der Waals surface area contributed by atoms with Gasteiger partial charge in [-0.3, -0.25) is 0 Å². The normalized spacial score (nSPS) is 11.1. The Hall–Kier alpha value is -1.68. The van der Waals surface area contributed by atoms with Crippen molar-refractivity contribution in [1.29, 1.82) is 0 Å². The average molecular weight is 254 g/mol. The number of hydrogen-bond donors (Lipinski definition) is 1. The summed E-state index contributed by atoms with van der Waals surface area (Å²) in [4.78, 5) is 7.86. The van der Waals surface area contributed by atoms with Crippen LogP contribution in [0.25, 0.3) is 0 Å². The third kappa shape index (κ3) is 4.36. The molecular formula is C12H13ClFN3. The summed E-state index contributed by atoms with van der Waals surface area (Å²) in [7, 11) is 0. The van der Waals surface area contributed by atoms with Gasteiger partial charge in [-0.15, -0.1) is 0 Å². The van der Waals surface area contributed by atoms with E-state index in [0.717, 1.165) is 5.56 Å². The molecule has 0 atom stereocenters. The first-order chi connectivity index (χ1) is 8.02. The maximum atomic E-state index is 12.6. The number of anilines is 1. The SMILES string of the molecule is C=C/C(=C\C(=C)F)CNc1nc(Cl)ncc1C. The Labute approximate surface area is 105 Å². The fraction of sp³-hybridized carbons (Fsp3) is 0.167. The lowest BCUT2D eigenvalue weighted by atomic mass is 10.2. The van der Waals surface area contributed by atoms with E-state index in [2.05, 4.69) is 28.4 Å². The second kappa shape index (κ2) is 6.15. The Balaban J connectivity index is 2.75. The fourth-order valence-corrected chi connectivity index (χ4v) is 1.30. The lowest BCUT2D eigenvalue weighted by Crippen LogP contribution is -2.07. The summed E-state index contributed by atoms with van der Waals surface area (Å²) in [5.74, 6) is 0.0985. The molecule has 3 nitrogen and oxygen atoms in total. The Morgan fingerprint density at radius 2 is 2.35 bits per heavy atom. The molecule has 0 saturated heterocycles. The van der Waals surface area contributed by atoms with Gasteiger partial charge in [-0.25, -0.2) is 14.4 Å². The molecule has 90 valence electrons. The zero-order valence-corrected chi connectivity index (χ0v) is 10.3. The number of allylic oxidation sites excluding steroid dienone is 2. The van der Waals surface area contributed by atoms with Gasteiger partial charge in [0.05, 0.1) is 0 Å². The maximum Gasteiger partial charge on any atom is 0.224 e. The van der Waals surface area contributed by atoms with E-state index in [1.807, 2.05) is 6.92 Å². The number of aromatic nitrogens is 2. The van der Waals surface area contributed by atoms with Crippen LogP contribution in [0.2, 0.25) is 5.28 Å². The molecule has 0 radical (unpaired) electrons. The van der Waals surface area contributed by atoms with Crippen molar-refractivity contribution >= 4 is 17.4 Å². The highest BCUT2D eigenvalue weighted by atomic mass is 35.5. The molecule has 0 bridgehead atoms. The molecule has 0 spiro atoms. The van der Waals surface area contributed by atoms with Crippen LogP contribution in [-0.4, -0.2) is 16.5 Å². The molecule has 5 heteroatoms. The van der Waals surface area contributed by atoms with Crippen molar-refractivity contribution in [3.05, 3.63) is 53.8 Å². The van der Waals surface area contributed by atoms with Gasteiger partial charge in [0.1, 0.15) is 11.6 Å². The number of aryl methyl sites for hydroxylation is 1. The Bertz CT molecular complexity index is 469. The van der Waals surface area contributed by atoms with Gasteiger partial charge >= 0.3 is 0 Å². The standard InChI is InChI=1S/C12H13ClFN3/c1-4-10(5-9(3)14)7-15-11-8(2)6-16-12(13)17-11/h4-6H,1,3,7H2,2H3,(H,15,16,17)/b10-5+. The molecule has 1 N–H and O–H groups in total. The van der Waals surface area contributed by atoms with Crippen LogP contribution < -0.4 is 5.32 Å². The Morgan fingerprint density at radius 1 is 1.65 bits per heavy atom. The fourth-order valence-electron chi connectivity index (χ4n) is 1.17. The molecule has 0 amide bonds. The number of hydrogen-bond acceptors (Lipinski definition) is 3. The van der Waals surface area contributed by atoms with E-state index in [4.69, 9.17) is 11.6 Å². The lowest BCUT2D eigenvalue weighted by Gasteiger charge is -2.08. The highest BCUT2D eigenvalue weighted by molar-refractivity contribution is 6.28. The topological polar surface area (TPSA) is 37.8 Å². The van der Waals surface area contributed by atoms with Crippen LogP contribution in [0.4, 0.5) is 10.2 Å². The second-order valence-electron chi connectivity index (χ2n) is 3.39. The van der Waals surface area contributed by atoms with Crippen LogP contribution in [0.1, 0.15) is 5.56 Å². The van der Waals surface area contributed by atoms with Crippen LogP contribution in [0, 0.1) is 6.92 Å². The van der Waals surface area contributed by atoms with Crippen LogP contribution in [0.3, 0.4) is 0 Å². The minimum atomic E-state index is -0.515. The summed E-state index contributed by atoms with van der Waals surface area (Å²) in [5, 5.41) is 3.19. The summed E-state index contributed by atoms with van der Waals surface area (Å²) in [6.07, 6.45) is 4.47. The number of halogens is 2. The maximum absolute atomic E-state index is 12.6. The molecule has 1 heterocycles. The van der Waals surface area contributed by atoms with Crippen molar-refractivity contribution in [3.63, 3.8) is 0 Å². The molecule has 0 aromatic carbocycles. The smallest absolute Gasteiger partial charge is 0.224 e. The van der Waals surface area contributed by atoms with E-state index in [1.54, 1.807) is 12.3 Å². The van der Waals surface area contributed by atoms with Crippen molar-refractivity contribution in [2.45, 2.75) is 6.92 Å². The molecule has 0 unspecified atom stereocenters. The number of nitrogens with one attached hydrogen (secondary N) is 1. The Kier molecular flexibility index (Phi) is 4.84. The van der Waals surface area contributed by atoms with Gasteiger partial charge in [0.25, 0.3) is 0 Å². The third-order valence-corrected chi connectivity index (χ3v) is 2.19. The van der Waals surface area contributed by atoms with Gasteiger partial charge in [-0.05, 0) is 30.2 Å². The summed E-state index contributed by atoms with van der Waals surface area (Å²) in [6.45, 7) is 9.00. The quantitative estimate of drug-likeness (QED) is 0.645. The summed E-state index contributed by atoms with van der Waals surface area (Å²) in [5.41, 5.74) is 1.53. The predicted molar refractivity (Wildman–Crippen MR) is 68.8 cm³/mol. The summed E-state index contributed by atoms with van der Waals surface area (Å²) < 4.78 is 12.6. The van der Waals surface area contributed by atoms with Crippen molar-refractivity contribution in [3.8, 4) is 0 Å². The predicted octanol–water partition coefficient (Wildman–Crippen LogP) is 3.45. The van der Waals surface area contributed by atoms with E-state index in [-0.39, 0.29) is 5.28 Å². The molecule has 0 saturated carbocycles. The van der Waals surface area contributed by atoms with Gasteiger partial charge in [-0.1, -0.05) is 19.2 Å². The molecule has 0 fully saturated rings. The molecule has 1 rings (SSSR count).